The van der Waals surface area contributed by atoms with Crippen LogP contribution in [0.1, 0.15) is 23.1 Å². The van der Waals surface area contributed by atoms with Crippen molar-refractivity contribution >= 4 is 39.3 Å². The molecule has 5 rings (SSSR count). The number of aromatic nitrogens is 3. The molecule has 2 aromatic carbocycles. The molecule has 0 amide bonds. The van der Waals surface area contributed by atoms with Crippen LogP contribution in [0.4, 0.5) is 15.8 Å². The number of non-ortho nitro benzene ring substituents is 1. The number of carbonyl (C=O) groups is 1. The number of hydrogen-bond acceptors (Lipinski definition) is 7. The predicted octanol–water partition coefficient (Wildman–Crippen LogP) is 2.97. The Morgan fingerprint density at radius 2 is 1.97 bits per heavy atom. The summed E-state index contributed by atoms with van der Waals surface area (Å²) in [4.78, 5) is 46.3. The third-order valence-corrected chi connectivity index (χ3v) is 6.53. The summed E-state index contributed by atoms with van der Waals surface area (Å²) < 4.78 is 16.7. The second-order valence-corrected chi connectivity index (χ2v) is 8.69. The molecule has 2 aromatic heterocycles. The Hall–Kier alpha value is -4.32. The van der Waals surface area contributed by atoms with Gasteiger partial charge in [-0.2, -0.15) is 0 Å². The zero-order chi connectivity index (χ0) is 25.6. The van der Waals surface area contributed by atoms with Gasteiger partial charge in [0.1, 0.15) is 17.2 Å². The fourth-order valence-corrected chi connectivity index (χ4v) is 4.65. The van der Waals surface area contributed by atoms with E-state index in [0.29, 0.717) is 67.3 Å². The average molecular weight is 494 g/mol. The number of benzene rings is 2. The number of pyridine rings is 1. The number of aromatic carboxylic acids is 1. The Labute approximate surface area is 203 Å². The van der Waals surface area contributed by atoms with Gasteiger partial charge in [-0.05, 0) is 25.1 Å². The van der Waals surface area contributed by atoms with Crippen molar-refractivity contribution in [3.63, 3.8) is 0 Å². The van der Waals surface area contributed by atoms with Crippen LogP contribution in [0.2, 0.25) is 0 Å². The van der Waals surface area contributed by atoms with Gasteiger partial charge in [-0.3, -0.25) is 19.8 Å². The number of piperazine rings is 1. The van der Waals surface area contributed by atoms with Gasteiger partial charge in [0.25, 0.3) is 5.69 Å². The van der Waals surface area contributed by atoms with E-state index >= 15 is 4.39 Å². The number of halogens is 1. The first kappa shape index (κ1) is 23.4. The molecule has 0 radical (unpaired) electrons. The molecule has 36 heavy (non-hydrogen) atoms. The highest BCUT2D eigenvalue weighted by atomic mass is 19.1. The van der Waals surface area contributed by atoms with Gasteiger partial charge in [0.2, 0.25) is 5.43 Å². The lowest BCUT2D eigenvalue weighted by atomic mass is 10.1. The number of nitrogens with one attached hydrogen (secondary N) is 1. The Bertz CT molecular complexity index is 1570. The highest BCUT2D eigenvalue weighted by Crippen LogP contribution is 2.27. The van der Waals surface area contributed by atoms with E-state index in [1.54, 1.807) is 16.7 Å². The van der Waals surface area contributed by atoms with E-state index in [1.807, 2.05) is 11.8 Å². The third-order valence-electron chi connectivity index (χ3n) is 6.53. The van der Waals surface area contributed by atoms with Crippen LogP contribution in [0, 0.1) is 15.9 Å². The topological polar surface area (TPSA) is 138 Å². The van der Waals surface area contributed by atoms with Crippen LogP contribution in [-0.4, -0.2) is 61.6 Å². The summed E-state index contributed by atoms with van der Waals surface area (Å²) in [6.45, 7) is 5.11. The van der Waals surface area contributed by atoms with Crippen LogP contribution in [0.25, 0.3) is 21.9 Å². The number of anilines is 1. The number of nitrogens with zero attached hydrogens (tertiary/aromatic N) is 5. The molecule has 1 saturated heterocycles. The number of imidazole rings is 1. The maximum atomic E-state index is 15.1. The number of nitro benzene ring substituents is 1. The van der Waals surface area contributed by atoms with E-state index < -0.39 is 22.1 Å². The maximum Gasteiger partial charge on any atom is 0.341 e. The number of carboxylic acid groups (broad SMARTS) is 1. The summed E-state index contributed by atoms with van der Waals surface area (Å²) >= 11 is 0. The molecule has 12 heteroatoms. The van der Waals surface area contributed by atoms with Crippen LogP contribution in [0.3, 0.4) is 0 Å². The Balaban J connectivity index is 1.34. The highest BCUT2D eigenvalue weighted by Gasteiger charge is 2.23. The number of fused-ring (bicyclic) bond motifs is 2. The SMILES string of the molecule is CCn1cc(C(=O)O)c(=O)c2cc(F)c(N3CCN(Cc4nc5ccc([N+](=O)[O-])cc5[nH]4)CC3)cc21. The lowest BCUT2D eigenvalue weighted by molar-refractivity contribution is -0.384. The minimum absolute atomic E-state index is 0.00333. The Kier molecular flexibility index (Phi) is 5.88. The molecule has 2 N–H and O–H groups in total. The van der Waals surface area contributed by atoms with Crippen LogP contribution < -0.4 is 10.3 Å². The summed E-state index contributed by atoms with van der Waals surface area (Å²) in [5, 5.41) is 20.4. The first-order valence-corrected chi connectivity index (χ1v) is 11.5. The highest BCUT2D eigenvalue weighted by molar-refractivity contribution is 5.93. The molecule has 186 valence electrons. The molecule has 1 aliphatic rings. The zero-order valence-corrected chi connectivity index (χ0v) is 19.4. The molecule has 0 bridgehead atoms. The molecule has 11 nitrogen and oxygen atoms in total. The zero-order valence-electron chi connectivity index (χ0n) is 19.4. The Morgan fingerprint density at radius 3 is 2.64 bits per heavy atom. The quantitative estimate of drug-likeness (QED) is 0.308. The van der Waals surface area contributed by atoms with Crippen LogP contribution in [0.5, 0.6) is 0 Å². The fourth-order valence-electron chi connectivity index (χ4n) is 4.65. The standard InChI is InChI=1S/C24H23FN6O5/c1-2-29-12-16(24(33)34)23(32)15-10-17(25)21(11-20(15)29)30-7-5-28(6-8-30)13-22-26-18-4-3-14(31(35)36)9-19(18)27-22/h3-4,9-12H,2,5-8,13H2,1H3,(H,26,27)(H,33,34). The molecular weight excluding hydrogens is 471 g/mol. The van der Waals surface area contributed by atoms with Crippen molar-refractivity contribution in [2.45, 2.75) is 20.0 Å². The number of hydrogen-bond donors (Lipinski definition) is 2. The first-order valence-electron chi connectivity index (χ1n) is 11.5. The molecule has 1 fully saturated rings. The smallest absolute Gasteiger partial charge is 0.341 e. The molecule has 1 aliphatic heterocycles. The Morgan fingerprint density at radius 1 is 1.22 bits per heavy atom. The fraction of sp³-hybridized carbons (Fsp3) is 0.292. The van der Waals surface area contributed by atoms with Crippen LogP contribution in [0.15, 0.2) is 41.3 Å². The van der Waals surface area contributed by atoms with Crippen molar-refractivity contribution in [2.75, 3.05) is 31.1 Å². The van der Waals surface area contributed by atoms with Gasteiger partial charge in [0, 0.05) is 56.4 Å². The molecule has 3 heterocycles. The third kappa shape index (κ3) is 4.15. The van der Waals surface area contributed by atoms with E-state index in [9.17, 15) is 24.8 Å². The number of rotatable bonds is 6. The van der Waals surface area contributed by atoms with E-state index in [2.05, 4.69) is 14.9 Å². The van der Waals surface area contributed by atoms with Crippen molar-refractivity contribution in [1.29, 1.82) is 0 Å². The number of aryl methyl sites for hydroxylation is 1. The minimum atomic E-state index is -1.34. The molecule has 0 spiro atoms. The summed E-state index contributed by atoms with van der Waals surface area (Å²) in [6.07, 6.45) is 1.30. The minimum Gasteiger partial charge on any atom is -0.477 e. The van der Waals surface area contributed by atoms with Crippen molar-refractivity contribution in [2.24, 2.45) is 0 Å². The summed E-state index contributed by atoms with van der Waals surface area (Å²) in [6, 6.07) is 7.24. The van der Waals surface area contributed by atoms with Crippen molar-refractivity contribution < 1.29 is 19.2 Å². The van der Waals surface area contributed by atoms with Gasteiger partial charge in [0.15, 0.2) is 0 Å². The van der Waals surface area contributed by atoms with E-state index in [4.69, 9.17) is 0 Å². The molecule has 0 aliphatic carbocycles. The van der Waals surface area contributed by atoms with Gasteiger partial charge in [-0.1, -0.05) is 0 Å². The monoisotopic (exact) mass is 494 g/mol. The van der Waals surface area contributed by atoms with Crippen molar-refractivity contribution in [3.05, 3.63) is 74.1 Å². The lowest BCUT2D eigenvalue weighted by Gasteiger charge is -2.36. The van der Waals surface area contributed by atoms with Gasteiger partial charge in [-0.15, -0.1) is 0 Å². The molecule has 0 saturated carbocycles. The second kappa shape index (κ2) is 9.04. The van der Waals surface area contributed by atoms with Crippen LogP contribution in [-0.2, 0) is 13.1 Å². The summed E-state index contributed by atoms with van der Waals surface area (Å²) in [7, 11) is 0. The van der Waals surface area contributed by atoms with E-state index in [0.717, 1.165) is 6.07 Å². The van der Waals surface area contributed by atoms with Gasteiger partial charge >= 0.3 is 5.97 Å². The maximum absolute atomic E-state index is 15.1. The summed E-state index contributed by atoms with van der Waals surface area (Å²) in [5.41, 5.74) is 1.02. The molecule has 4 aromatic rings. The average Bonchev–Trinajstić information content (AvgIpc) is 3.26. The molecule has 0 atom stereocenters. The van der Waals surface area contributed by atoms with Gasteiger partial charge in [-0.25, -0.2) is 14.2 Å². The second-order valence-electron chi connectivity index (χ2n) is 8.69. The molecular formula is C24H23FN6O5. The van der Waals surface area contributed by atoms with Crippen LogP contribution >= 0.6 is 0 Å². The molecule has 0 unspecified atom stereocenters. The largest absolute Gasteiger partial charge is 0.477 e. The first-order chi connectivity index (χ1) is 17.2. The van der Waals surface area contributed by atoms with Crippen molar-refractivity contribution in [3.8, 4) is 0 Å². The van der Waals surface area contributed by atoms with Gasteiger partial charge in [0.05, 0.1) is 33.7 Å². The van der Waals surface area contributed by atoms with E-state index in [-0.39, 0.29) is 16.6 Å². The van der Waals surface area contributed by atoms with E-state index in [1.165, 1.54) is 18.3 Å². The van der Waals surface area contributed by atoms with Gasteiger partial charge < -0.3 is 19.6 Å². The normalized spacial score (nSPS) is 14.6. The predicted molar refractivity (Wildman–Crippen MR) is 131 cm³/mol. The number of nitro groups is 1. The number of aromatic amines is 1. The number of carboxylic acids is 1. The lowest BCUT2D eigenvalue weighted by Crippen LogP contribution is -2.46. The summed E-state index contributed by atoms with van der Waals surface area (Å²) in [5.74, 6) is -1.22. The number of H-pyrrole nitrogens is 1. The van der Waals surface area contributed by atoms with Crippen molar-refractivity contribution in [1.82, 2.24) is 19.4 Å².